The number of rotatable bonds is 11. The van der Waals surface area contributed by atoms with Gasteiger partial charge in [-0.15, -0.1) is 0 Å². The maximum atomic E-state index is 13.8. The van der Waals surface area contributed by atoms with Crippen LogP contribution in [0.5, 0.6) is 0 Å². The first-order chi connectivity index (χ1) is 21.5. The zero-order valence-electron chi connectivity index (χ0n) is 25.3. The number of amides is 3. The Morgan fingerprint density at radius 3 is 2.27 bits per heavy atom. The molecule has 3 aromatic carbocycles. The van der Waals surface area contributed by atoms with Gasteiger partial charge in [0.25, 0.3) is 0 Å². The molecule has 3 amide bonds. The van der Waals surface area contributed by atoms with Crippen molar-refractivity contribution in [1.29, 1.82) is 0 Å². The van der Waals surface area contributed by atoms with Gasteiger partial charge in [-0.05, 0) is 79.9 Å². The molecule has 1 aliphatic heterocycles. The van der Waals surface area contributed by atoms with Gasteiger partial charge in [-0.25, -0.2) is 13.8 Å². The number of hydrogen-bond acceptors (Lipinski definition) is 5. The van der Waals surface area contributed by atoms with E-state index in [9.17, 15) is 23.2 Å². The van der Waals surface area contributed by atoms with Crippen molar-refractivity contribution >= 4 is 29.2 Å². The molecule has 0 saturated heterocycles. The molecule has 2 heterocycles. The van der Waals surface area contributed by atoms with Crippen LogP contribution < -0.4 is 16.4 Å². The summed E-state index contributed by atoms with van der Waals surface area (Å²) in [6, 6.07) is 19.7. The molecule has 5 rings (SSSR count). The minimum atomic E-state index is -0.784. The molecule has 45 heavy (non-hydrogen) atoms. The number of anilines is 2. The third-order valence-electron chi connectivity index (χ3n) is 7.94. The third-order valence-corrected chi connectivity index (χ3v) is 7.94. The fourth-order valence-electron chi connectivity index (χ4n) is 5.62. The molecule has 1 aliphatic rings. The Morgan fingerprint density at radius 1 is 0.911 bits per heavy atom. The SMILES string of the molecule is CC1(C)c2nc(-c3ccc(F)cc3)c(Nc3ccc(F)cc3)n2CCN1C(=O)Cc1cccc(CCC(=O)NCCC(N)=O)c1. The molecule has 0 radical (unpaired) electrons. The van der Waals surface area contributed by atoms with Crippen LogP contribution in [-0.2, 0) is 39.3 Å². The topological polar surface area (TPSA) is 122 Å². The molecule has 0 spiro atoms. The van der Waals surface area contributed by atoms with Gasteiger partial charge >= 0.3 is 0 Å². The summed E-state index contributed by atoms with van der Waals surface area (Å²) in [7, 11) is 0. The van der Waals surface area contributed by atoms with Gasteiger partial charge < -0.3 is 25.8 Å². The lowest BCUT2D eigenvalue weighted by Gasteiger charge is -2.42. The van der Waals surface area contributed by atoms with Crippen LogP contribution in [-0.4, -0.2) is 45.3 Å². The molecule has 234 valence electrons. The van der Waals surface area contributed by atoms with Crippen LogP contribution in [0.15, 0.2) is 72.8 Å². The number of primary amides is 1. The number of aryl methyl sites for hydroxylation is 1. The monoisotopic (exact) mass is 614 g/mol. The molecule has 9 nitrogen and oxygen atoms in total. The number of carbonyl (C=O) groups is 3. The minimum Gasteiger partial charge on any atom is -0.370 e. The molecule has 0 unspecified atom stereocenters. The van der Waals surface area contributed by atoms with Crippen LogP contribution in [0.3, 0.4) is 0 Å². The molecular weight excluding hydrogens is 578 g/mol. The van der Waals surface area contributed by atoms with Gasteiger partial charge in [-0.3, -0.25) is 14.4 Å². The van der Waals surface area contributed by atoms with E-state index in [-0.39, 0.29) is 49.3 Å². The highest BCUT2D eigenvalue weighted by Crippen LogP contribution is 2.39. The molecule has 0 fully saturated rings. The summed E-state index contributed by atoms with van der Waals surface area (Å²) in [5.74, 6) is -0.0668. The normalized spacial score (nSPS) is 13.6. The van der Waals surface area contributed by atoms with Gasteiger partial charge in [0.1, 0.15) is 29.0 Å². The number of nitrogens with two attached hydrogens (primary N) is 1. The van der Waals surface area contributed by atoms with E-state index < -0.39 is 11.4 Å². The second-order valence-electron chi connectivity index (χ2n) is 11.6. The summed E-state index contributed by atoms with van der Waals surface area (Å²) in [5, 5.41) is 6.05. The van der Waals surface area contributed by atoms with Gasteiger partial charge in [-0.2, -0.15) is 0 Å². The van der Waals surface area contributed by atoms with Gasteiger partial charge in [0.15, 0.2) is 0 Å². The molecule has 0 saturated carbocycles. The molecule has 11 heteroatoms. The predicted molar refractivity (Wildman–Crippen MR) is 167 cm³/mol. The first-order valence-electron chi connectivity index (χ1n) is 14.8. The molecule has 0 aliphatic carbocycles. The van der Waals surface area contributed by atoms with E-state index in [1.807, 2.05) is 47.6 Å². The van der Waals surface area contributed by atoms with Gasteiger partial charge in [0.2, 0.25) is 17.7 Å². The first kappa shape index (κ1) is 31.4. The molecule has 0 atom stereocenters. The Balaban J connectivity index is 1.34. The zero-order valence-corrected chi connectivity index (χ0v) is 25.3. The number of hydrogen-bond donors (Lipinski definition) is 3. The summed E-state index contributed by atoms with van der Waals surface area (Å²) < 4.78 is 29.4. The fourth-order valence-corrected chi connectivity index (χ4v) is 5.62. The van der Waals surface area contributed by atoms with Gasteiger partial charge in [-0.1, -0.05) is 24.3 Å². The van der Waals surface area contributed by atoms with Crippen LogP contribution in [0.25, 0.3) is 11.3 Å². The number of benzene rings is 3. The van der Waals surface area contributed by atoms with Crippen molar-refractivity contribution in [2.24, 2.45) is 5.73 Å². The van der Waals surface area contributed by atoms with Crippen molar-refractivity contribution in [3.63, 3.8) is 0 Å². The van der Waals surface area contributed by atoms with E-state index in [1.54, 1.807) is 24.3 Å². The van der Waals surface area contributed by atoms with Crippen molar-refractivity contribution in [3.05, 3.63) is 101 Å². The van der Waals surface area contributed by atoms with Crippen LogP contribution in [0.2, 0.25) is 0 Å². The third kappa shape index (κ3) is 7.36. The van der Waals surface area contributed by atoms with Crippen LogP contribution >= 0.6 is 0 Å². The number of imidazole rings is 1. The van der Waals surface area contributed by atoms with E-state index in [4.69, 9.17) is 10.7 Å². The Labute approximate surface area is 260 Å². The van der Waals surface area contributed by atoms with Crippen LogP contribution in [0.1, 0.15) is 43.6 Å². The number of carbonyl (C=O) groups excluding carboxylic acids is 3. The van der Waals surface area contributed by atoms with Crippen molar-refractivity contribution in [2.75, 3.05) is 18.4 Å². The van der Waals surface area contributed by atoms with Crippen molar-refractivity contribution in [3.8, 4) is 11.3 Å². The average Bonchev–Trinajstić information content (AvgIpc) is 3.37. The maximum absolute atomic E-state index is 13.8. The highest BCUT2D eigenvalue weighted by molar-refractivity contribution is 5.81. The molecule has 0 bridgehead atoms. The molecular formula is C34H36F2N6O3. The smallest absolute Gasteiger partial charge is 0.227 e. The number of aromatic nitrogens is 2. The van der Waals surface area contributed by atoms with Crippen molar-refractivity contribution < 1.29 is 23.2 Å². The first-order valence-corrected chi connectivity index (χ1v) is 14.8. The Bertz CT molecular complexity index is 1700. The number of fused-ring (bicyclic) bond motifs is 1. The van der Waals surface area contributed by atoms with E-state index in [1.165, 1.54) is 24.3 Å². The van der Waals surface area contributed by atoms with Crippen molar-refractivity contribution in [1.82, 2.24) is 19.8 Å². The van der Waals surface area contributed by atoms with Crippen LogP contribution in [0, 0.1) is 11.6 Å². The average molecular weight is 615 g/mol. The zero-order chi connectivity index (χ0) is 32.1. The lowest BCUT2D eigenvalue weighted by molar-refractivity contribution is -0.138. The molecule has 4 aromatic rings. The number of halogens is 2. The standard InChI is InChI=1S/C34H36F2N6O3/c1-34(2)33-40-31(24-7-9-25(35)10-8-24)32(39-27-13-11-26(36)12-14-27)41(33)18-19-42(34)30(45)21-23-5-3-4-22(20-23)6-15-29(44)38-17-16-28(37)43/h3-5,7-14,20,39H,6,15-19,21H2,1-2H3,(H2,37,43)(H,38,44). The lowest BCUT2D eigenvalue weighted by Crippen LogP contribution is -2.52. The maximum Gasteiger partial charge on any atom is 0.227 e. The van der Waals surface area contributed by atoms with E-state index in [0.29, 0.717) is 48.1 Å². The number of nitrogens with one attached hydrogen (secondary N) is 2. The Kier molecular flexibility index (Phi) is 9.26. The summed E-state index contributed by atoms with van der Waals surface area (Å²) in [6.07, 6.45) is 1.01. The highest BCUT2D eigenvalue weighted by Gasteiger charge is 2.41. The Hall–Kier alpha value is -5.06. The van der Waals surface area contributed by atoms with Crippen LogP contribution in [0.4, 0.5) is 20.3 Å². The fraction of sp³-hybridized carbons (Fsp3) is 0.294. The largest absolute Gasteiger partial charge is 0.370 e. The molecule has 1 aromatic heterocycles. The quantitative estimate of drug-likeness (QED) is 0.224. The summed E-state index contributed by atoms with van der Waals surface area (Å²) in [4.78, 5) is 43.6. The summed E-state index contributed by atoms with van der Waals surface area (Å²) in [6.45, 7) is 5.01. The highest BCUT2D eigenvalue weighted by atomic mass is 19.1. The van der Waals surface area contributed by atoms with E-state index in [0.717, 1.165) is 11.1 Å². The summed E-state index contributed by atoms with van der Waals surface area (Å²) >= 11 is 0. The predicted octanol–water partition coefficient (Wildman–Crippen LogP) is 4.82. The second-order valence-corrected chi connectivity index (χ2v) is 11.6. The van der Waals surface area contributed by atoms with E-state index >= 15 is 0 Å². The lowest BCUT2D eigenvalue weighted by atomic mass is 9.97. The summed E-state index contributed by atoms with van der Waals surface area (Å²) in [5.41, 5.74) is 8.07. The molecule has 4 N–H and O–H groups in total. The second kappa shape index (κ2) is 13.3. The van der Waals surface area contributed by atoms with E-state index in [2.05, 4.69) is 10.6 Å². The minimum absolute atomic E-state index is 0.0630. The van der Waals surface area contributed by atoms with Gasteiger partial charge in [0.05, 0.1) is 12.0 Å². The number of nitrogens with zero attached hydrogens (tertiary/aromatic N) is 3. The van der Waals surface area contributed by atoms with Crippen molar-refractivity contribution in [2.45, 2.75) is 51.6 Å². The Morgan fingerprint density at radius 2 is 1.58 bits per heavy atom. The van der Waals surface area contributed by atoms with Gasteiger partial charge in [0, 0.05) is 43.7 Å².